The SMILES string of the molecule is CCOC(=O)C(=O)c1[nH]c(C(=O)OCC)c(CBr)c1C. The third-order valence-electron chi connectivity index (χ3n) is 2.68. The van der Waals surface area contributed by atoms with Gasteiger partial charge in [-0.25, -0.2) is 9.59 Å². The molecule has 0 amide bonds. The predicted octanol–water partition coefficient (Wildman–Crippen LogP) is 2.14. The van der Waals surface area contributed by atoms with E-state index in [2.05, 4.69) is 25.7 Å². The average Bonchev–Trinajstić information content (AvgIpc) is 2.75. The predicted molar refractivity (Wildman–Crippen MR) is 75.1 cm³/mol. The van der Waals surface area contributed by atoms with Crippen LogP contribution in [0.1, 0.15) is 46.0 Å². The molecular formula is C13H16BrNO5. The number of carbonyl (C=O) groups excluding carboxylic acids is 3. The third-order valence-corrected chi connectivity index (χ3v) is 3.24. The van der Waals surface area contributed by atoms with Crippen LogP contribution in [0.4, 0.5) is 0 Å². The maximum Gasteiger partial charge on any atom is 0.381 e. The standard InChI is InChI=1S/C13H16BrNO5/c1-4-19-12(17)10-8(6-14)7(3)9(15-10)11(16)13(18)20-5-2/h15H,4-6H2,1-3H3. The molecule has 110 valence electrons. The average molecular weight is 346 g/mol. The molecule has 7 heteroatoms. The summed E-state index contributed by atoms with van der Waals surface area (Å²) in [5, 5.41) is 0.361. The van der Waals surface area contributed by atoms with E-state index in [1.54, 1.807) is 20.8 Å². The summed E-state index contributed by atoms with van der Waals surface area (Å²) in [6, 6.07) is 0. The first-order chi connectivity index (χ1) is 9.47. The van der Waals surface area contributed by atoms with E-state index in [9.17, 15) is 14.4 Å². The summed E-state index contributed by atoms with van der Waals surface area (Å²) in [6.45, 7) is 5.29. The van der Waals surface area contributed by atoms with E-state index in [1.165, 1.54) is 0 Å². The highest BCUT2D eigenvalue weighted by Crippen LogP contribution is 2.22. The van der Waals surface area contributed by atoms with Crippen molar-refractivity contribution >= 4 is 33.7 Å². The van der Waals surface area contributed by atoms with Crippen molar-refractivity contribution in [2.24, 2.45) is 0 Å². The third kappa shape index (κ3) is 3.27. The summed E-state index contributed by atoms with van der Waals surface area (Å²) in [5.74, 6) is -2.32. The van der Waals surface area contributed by atoms with Gasteiger partial charge in [-0.1, -0.05) is 15.9 Å². The minimum Gasteiger partial charge on any atom is -0.461 e. The molecule has 0 aliphatic heterocycles. The van der Waals surface area contributed by atoms with E-state index >= 15 is 0 Å². The lowest BCUT2D eigenvalue weighted by atomic mass is 10.1. The summed E-state index contributed by atoms with van der Waals surface area (Å²) in [7, 11) is 0. The number of halogens is 1. The Balaban J connectivity index is 3.20. The molecule has 0 radical (unpaired) electrons. The van der Waals surface area contributed by atoms with Crippen LogP contribution >= 0.6 is 15.9 Å². The van der Waals surface area contributed by atoms with Gasteiger partial charge in [0.1, 0.15) is 5.69 Å². The highest BCUT2D eigenvalue weighted by molar-refractivity contribution is 9.08. The molecule has 0 fully saturated rings. The topological polar surface area (TPSA) is 85.5 Å². The van der Waals surface area contributed by atoms with Gasteiger partial charge in [0, 0.05) is 5.33 Å². The first-order valence-corrected chi connectivity index (χ1v) is 7.25. The summed E-state index contributed by atoms with van der Waals surface area (Å²) >= 11 is 3.25. The molecule has 1 heterocycles. The lowest BCUT2D eigenvalue weighted by Crippen LogP contribution is -2.19. The number of aromatic amines is 1. The number of esters is 2. The van der Waals surface area contributed by atoms with Crippen LogP contribution < -0.4 is 0 Å². The van der Waals surface area contributed by atoms with Gasteiger partial charge in [0.2, 0.25) is 0 Å². The van der Waals surface area contributed by atoms with E-state index in [1.807, 2.05) is 0 Å². The number of aromatic nitrogens is 1. The van der Waals surface area contributed by atoms with Gasteiger partial charge in [-0.3, -0.25) is 4.79 Å². The number of hydrogen-bond donors (Lipinski definition) is 1. The van der Waals surface area contributed by atoms with Crippen LogP contribution in [-0.2, 0) is 19.6 Å². The maximum atomic E-state index is 11.9. The molecule has 20 heavy (non-hydrogen) atoms. The molecule has 1 rings (SSSR count). The van der Waals surface area contributed by atoms with Crippen LogP contribution in [-0.4, -0.2) is 35.9 Å². The van der Waals surface area contributed by atoms with Crippen molar-refractivity contribution in [3.05, 3.63) is 22.5 Å². The van der Waals surface area contributed by atoms with Gasteiger partial charge >= 0.3 is 11.9 Å². The zero-order valence-corrected chi connectivity index (χ0v) is 13.1. The molecule has 6 nitrogen and oxygen atoms in total. The molecule has 0 aliphatic carbocycles. The zero-order valence-electron chi connectivity index (χ0n) is 11.5. The van der Waals surface area contributed by atoms with Crippen LogP contribution in [0.25, 0.3) is 0 Å². The molecular weight excluding hydrogens is 330 g/mol. The van der Waals surface area contributed by atoms with Crippen molar-refractivity contribution in [2.75, 3.05) is 13.2 Å². The fourth-order valence-electron chi connectivity index (χ4n) is 1.70. The van der Waals surface area contributed by atoms with Crippen LogP contribution in [0.2, 0.25) is 0 Å². The maximum absolute atomic E-state index is 11.9. The molecule has 0 spiro atoms. The summed E-state index contributed by atoms with van der Waals surface area (Å²) < 4.78 is 9.58. The largest absolute Gasteiger partial charge is 0.461 e. The van der Waals surface area contributed by atoms with Gasteiger partial charge in [-0.15, -0.1) is 0 Å². The zero-order chi connectivity index (χ0) is 15.3. The number of nitrogens with one attached hydrogen (secondary N) is 1. The fourth-order valence-corrected chi connectivity index (χ4v) is 2.40. The van der Waals surface area contributed by atoms with Gasteiger partial charge < -0.3 is 14.5 Å². The Morgan fingerprint density at radius 2 is 1.70 bits per heavy atom. The first kappa shape index (κ1) is 16.4. The molecule has 0 aliphatic rings. The Labute approximate surface area is 125 Å². The molecule has 0 saturated carbocycles. The van der Waals surface area contributed by atoms with Crippen molar-refractivity contribution < 1.29 is 23.9 Å². The van der Waals surface area contributed by atoms with Crippen molar-refractivity contribution in [1.29, 1.82) is 0 Å². The summed E-state index contributed by atoms with van der Waals surface area (Å²) in [6.07, 6.45) is 0. The second-order valence-electron chi connectivity index (χ2n) is 3.88. The number of ketones is 1. The van der Waals surface area contributed by atoms with Crippen molar-refractivity contribution in [2.45, 2.75) is 26.1 Å². The highest BCUT2D eigenvalue weighted by atomic mass is 79.9. The summed E-state index contributed by atoms with van der Waals surface area (Å²) in [5.41, 5.74) is 1.36. The molecule has 1 N–H and O–H groups in total. The monoisotopic (exact) mass is 345 g/mol. The van der Waals surface area contributed by atoms with Gasteiger partial charge in [-0.2, -0.15) is 0 Å². The van der Waals surface area contributed by atoms with Crippen LogP contribution in [0.5, 0.6) is 0 Å². The number of H-pyrrole nitrogens is 1. The second kappa shape index (κ2) is 7.23. The van der Waals surface area contributed by atoms with Gasteiger partial charge in [0.15, 0.2) is 0 Å². The number of Topliss-reactive ketones (excluding diaryl/α,β-unsaturated/α-hetero) is 1. The van der Waals surface area contributed by atoms with Gasteiger partial charge in [0.25, 0.3) is 5.78 Å². The number of alkyl halides is 1. The van der Waals surface area contributed by atoms with E-state index < -0.39 is 17.7 Å². The van der Waals surface area contributed by atoms with Crippen LogP contribution in [0.3, 0.4) is 0 Å². The lowest BCUT2D eigenvalue weighted by Gasteiger charge is -2.01. The molecule has 0 unspecified atom stereocenters. The minimum absolute atomic E-state index is 0.0564. The smallest absolute Gasteiger partial charge is 0.381 e. The second-order valence-corrected chi connectivity index (χ2v) is 4.44. The Morgan fingerprint density at radius 1 is 1.10 bits per heavy atom. The Kier molecular flexibility index (Phi) is 5.94. The van der Waals surface area contributed by atoms with Crippen molar-refractivity contribution in [3.63, 3.8) is 0 Å². The Hall–Kier alpha value is -1.63. The number of carbonyl (C=O) groups is 3. The molecule has 0 atom stereocenters. The lowest BCUT2D eigenvalue weighted by molar-refractivity contribution is -0.137. The molecule has 0 saturated heterocycles. The van der Waals surface area contributed by atoms with Gasteiger partial charge in [-0.05, 0) is 31.9 Å². The first-order valence-electron chi connectivity index (χ1n) is 6.13. The molecule has 1 aromatic heterocycles. The van der Waals surface area contributed by atoms with E-state index in [4.69, 9.17) is 4.74 Å². The quantitative estimate of drug-likeness (QED) is 0.369. The number of ether oxygens (including phenoxy) is 2. The van der Waals surface area contributed by atoms with E-state index in [0.29, 0.717) is 16.5 Å². The Morgan fingerprint density at radius 3 is 2.20 bits per heavy atom. The summed E-state index contributed by atoms with van der Waals surface area (Å²) in [4.78, 5) is 37.9. The normalized spacial score (nSPS) is 10.2. The van der Waals surface area contributed by atoms with Gasteiger partial charge in [0.05, 0.1) is 18.9 Å². The molecule has 1 aromatic rings. The van der Waals surface area contributed by atoms with Crippen molar-refractivity contribution in [1.82, 2.24) is 4.98 Å². The van der Waals surface area contributed by atoms with Crippen molar-refractivity contribution in [3.8, 4) is 0 Å². The number of hydrogen-bond acceptors (Lipinski definition) is 5. The molecule has 0 aromatic carbocycles. The van der Waals surface area contributed by atoms with Crippen LogP contribution in [0.15, 0.2) is 0 Å². The fraction of sp³-hybridized carbons (Fsp3) is 0.462. The molecule has 0 bridgehead atoms. The van der Waals surface area contributed by atoms with Crippen LogP contribution in [0, 0.1) is 6.92 Å². The Bertz CT molecular complexity index is 535. The number of rotatable bonds is 6. The van der Waals surface area contributed by atoms with E-state index in [-0.39, 0.29) is 24.6 Å². The highest BCUT2D eigenvalue weighted by Gasteiger charge is 2.27. The minimum atomic E-state index is -0.951. The van der Waals surface area contributed by atoms with E-state index in [0.717, 1.165) is 0 Å².